The Morgan fingerprint density at radius 3 is 1.09 bits per heavy atom. The van der Waals surface area contributed by atoms with E-state index in [0.717, 1.165) is 96.3 Å². The van der Waals surface area contributed by atoms with Gasteiger partial charge in [-0.2, -0.15) is 0 Å². The first-order chi connectivity index (χ1) is 36.8. The summed E-state index contributed by atoms with van der Waals surface area (Å²) >= 11 is 0. The van der Waals surface area contributed by atoms with E-state index in [4.69, 9.17) is 24.3 Å². The quantitative estimate of drug-likeness (QED) is 0.0264. The van der Waals surface area contributed by atoms with Crippen molar-refractivity contribution in [3.63, 3.8) is 0 Å². The molecule has 0 aliphatic rings. The zero-order chi connectivity index (χ0) is 54.5. The number of hydrogen-bond acceptors (Lipinski definition) is 8. The van der Waals surface area contributed by atoms with Crippen molar-refractivity contribution >= 4 is 19.8 Å². The molecule has 0 radical (unpaired) electrons. The summed E-state index contributed by atoms with van der Waals surface area (Å²) < 4.78 is 33.1. The lowest BCUT2D eigenvalue weighted by Gasteiger charge is -2.19. The molecule has 0 aliphatic heterocycles. The molecule has 2 unspecified atom stereocenters. The van der Waals surface area contributed by atoms with E-state index in [1.54, 1.807) is 0 Å². The Kier molecular flexibility index (Phi) is 57.7. The largest absolute Gasteiger partial charge is 0.472 e. The number of carbonyl (C=O) groups is 2. The SMILES string of the molecule is CC/C=C\C/C=C\C/C=C\C/C=C\C/C=C\C/C=C\C/C=C\C/C=C\CCCCCCC(=O)OC(COC(=O)CCCCCCCCCCCCCCCCCCCCCCCCCCC)COP(=O)(O)OCCN. The van der Waals surface area contributed by atoms with Gasteiger partial charge in [-0.25, -0.2) is 4.57 Å². The van der Waals surface area contributed by atoms with Gasteiger partial charge in [0, 0.05) is 19.4 Å². The molecule has 2 atom stereocenters. The van der Waals surface area contributed by atoms with Gasteiger partial charge >= 0.3 is 19.8 Å². The van der Waals surface area contributed by atoms with Gasteiger partial charge in [-0.15, -0.1) is 0 Å². The topological polar surface area (TPSA) is 134 Å². The van der Waals surface area contributed by atoms with E-state index in [0.29, 0.717) is 6.42 Å². The first kappa shape index (κ1) is 71.9. The highest BCUT2D eigenvalue weighted by Gasteiger charge is 2.26. The van der Waals surface area contributed by atoms with Crippen molar-refractivity contribution < 1.29 is 37.6 Å². The van der Waals surface area contributed by atoms with Crippen molar-refractivity contribution in [1.82, 2.24) is 0 Å². The number of hydrogen-bond donors (Lipinski definition) is 2. The Hall–Kier alpha value is -3.07. The molecule has 0 aromatic heterocycles. The van der Waals surface area contributed by atoms with Crippen LogP contribution in [-0.4, -0.2) is 49.3 Å². The van der Waals surface area contributed by atoms with E-state index in [9.17, 15) is 19.0 Å². The van der Waals surface area contributed by atoms with Gasteiger partial charge in [0.05, 0.1) is 13.2 Å². The van der Waals surface area contributed by atoms with Gasteiger partial charge in [0.2, 0.25) is 0 Å². The molecule has 10 heteroatoms. The van der Waals surface area contributed by atoms with Crippen molar-refractivity contribution in [2.45, 2.75) is 277 Å². The summed E-state index contributed by atoms with van der Waals surface area (Å²) in [7, 11) is -4.40. The highest BCUT2D eigenvalue weighted by molar-refractivity contribution is 7.47. The Balaban J connectivity index is 4.03. The third-order valence-corrected chi connectivity index (χ3v) is 14.0. The zero-order valence-corrected chi connectivity index (χ0v) is 49.2. The van der Waals surface area contributed by atoms with Gasteiger partial charge in [-0.1, -0.05) is 278 Å². The lowest BCUT2D eigenvalue weighted by molar-refractivity contribution is -0.161. The lowest BCUT2D eigenvalue weighted by atomic mass is 10.0. The number of rotatable bonds is 57. The molecule has 0 saturated carbocycles. The van der Waals surface area contributed by atoms with Gasteiger partial charge in [0.1, 0.15) is 6.61 Å². The maximum atomic E-state index is 12.7. The minimum absolute atomic E-state index is 0.0452. The summed E-state index contributed by atoms with van der Waals surface area (Å²) in [6, 6.07) is 0. The molecular weight excluding hydrogens is 954 g/mol. The molecule has 0 fully saturated rings. The van der Waals surface area contributed by atoms with Crippen LogP contribution in [0.1, 0.15) is 271 Å². The van der Waals surface area contributed by atoms with Crippen LogP contribution in [0.4, 0.5) is 0 Å². The van der Waals surface area contributed by atoms with Crippen molar-refractivity contribution in [2.75, 3.05) is 26.4 Å². The average molecular weight is 1070 g/mol. The van der Waals surface area contributed by atoms with Crippen LogP contribution in [0.25, 0.3) is 0 Å². The summed E-state index contributed by atoms with van der Waals surface area (Å²) in [5.74, 6) is -0.853. The molecule has 0 aromatic rings. The van der Waals surface area contributed by atoms with Crippen LogP contribution in [0.15, 0.2) is 97.2 Å². The van der Waals surface area contributed by atoms with E-state index in [2.05, 4.69) is 111 Å². The van der Waals surface area contributed by atoms with Gasteiger partial charge in [-0.3, -0.25) is 18.6 Å². The standard InChI is InChI=1S/C65H114NO8P/c1-3-5-7-9-11-13-15-17-19-21-23-25-27-29-30-31-32-34-36-38-40-42-44-46-48-50-52-54-56-58-65(68)74-63(62-73-75(69,70)72-60-59-66)61-71-64(67)57-55-53-51-49-47-45-43-41-39-37-35-33-28-26-24-22-20-18-16-14-12-10-8-6-4-2/h5,7,11,13,17,19,23,25,29-30,32,34,38,40,44,46,63H,3-4,6,8-10,12,14-16,18,20-22,24,26-28,31,33,35-37,39,41-43,45,47-62,66H2,1-2H3,(H,69,70)/b7-5-,13-11-,19-17-,25-23-,30-29-,34-32-,40-38-,46-44-. The van der Waals surface area contributed by atoms with Gasteiger partial charge in [0.25, 0.3) is 0 Å². The van der Waals surface area contributed by atoms with Crippen LogP contribution < -0.4 is 5.73 Å². The lowest BCUT2D eigenvalue weighted by Crippen LogP contribution is -2.29. The third kappa shape index (κ3) is 60.0. The molecule has 3 N–H and O–H groups in total. The smallest absolute Gasteiger partial charge is 0.462 e. The van der Waals surface area contributed by atoms with Crippen molar-refractivity contribution in [3.05, 3.63) is 97.2 Å². The second-order valence-electron chi connectivity index (χ2n) is 20.2. The van der Waals surface area contributed by atoms with Crippen molar-refractivity contribution in [1.29, 1.82) is 0 Å². The third-order valence-electron chi connectivity index (χ3n) is 13.0. The minimum atomic E-state index is -4.40. The van der Waals surface area contributed by atoms with E-state index in [-0.39, 0.29) is 38.6 Å². The first-order valence-electron chi connectivity index (χ1n) is 30.7. The number of ether oxygens (including phenoxy) is 2. The fourth-order valence-electron chi connectivity index (χ4n) is 8.48. The summed E-state index contributed by atoms with van der Waals surface area (Å²) in [4.78, 5) is 35.2. The summed E-state index contributed by atoms with van der Waals surface area (Å²) in [6.45, 7) is 3.62. The number of carbonyl (C=O) groups excluding carboxylic acids is 2. The first-order valence-corrected chi connectivity index (χ1v) is 32.2. The zero-order valence-electron chi connectivity index (χ0n) is 48.3. The predicted octanol–water partition coefficient (Wildman–Crippen LogP) is 19.6. The fourth-order valence-corrected chi connectivity index (χ4v) is 9.24. The van der Waals surface area contributed by atoms with Gasteiger partial charge in [-0.05, 0) is 77.0 Å². The summed E-state index contributed by atoms with van der Waals surface area (Å²) in [5.41, 5.74) is 5.39. The number of unbranched alkanes of at least 4 members (excludes halogenated alkanes) is 28. The number of esters is 2. The second kappa shape index (κ2) is 60.2. The fraction of sp³-hybridized carbons (Fsp3) is 0.723. The molecule has 75 heavy (non-hydrogen) atoms. The number of phosphoric acid groups is 1. The van der Waals surface area contributed by atoms with Gasteiger partial charge in [0.15, 0.2) is 6.10 Å². The van der Waals surface area contributed by atoms with Crippen LogP contribution in [0, 0.1) is 0 Å². The number of allylic oxidation sites excluding steroid dienone is 16. The van der Waals surface area contributed by atoms with Crippen molar-refractivity contribution in [3.8, 4) is 0 Å². The normalized spacial score (nSPS) is 13.7. The Labute approximate surface area is 461 Å². The molecule has 0 bridgehead atoms. The van der Waals surface area contributed by atoms with E-state index < -0.39 is 26.5 Å². The van der Waals surface area contributed by atoms with Crippen LogP contribution in [0.2, 0.25) is 0 Å². The predicted molar refractivity (Wildman–Crippen MR) is 321 cm³/mol. The van der Waals surface area contributed by atoms with Crippen LogP contribution >= 0.6 is 7.82 Å². The number of nitrogens with two attached hydrogens (primary N) is 1. The minimum Gasteiger partial charge on any atom is -0.462 e. The Bertz CT molecular complexity index is 1550. The van der Waals surface area contributed by atoms with E-state index in [1.165, 1.54) is 141 Å². The van der Waals surface area contributed by atoms with E-state index in [1.807, 2.05) is 0 Å². The summed E-state index contributed by atoms with van der Waals surface area (Å²) in [5, 5.41) is 0. The maximum Gasteiger partial charge on any atom is 0.472 e. The molecule has 0 aromatic carbocycles. The molecule has 0 saturated heterocycles. The summed E-state index contributed by atoms with van der Waals surface area (Å²) in [6.07, 6.45) is 80.4. The van der Waals surface area contributed by atoms with Crippen LogP contribution in [0.5, 0.6) is 0 Å². The molecule has 0 aliphatic carbocycles. The van der Waals surface area contributed by atoms with E-state index >= 15 is 0 Å². The van der Waals surface area contributed by atoms with Crippen molar-refractivity contribution in [2.24, 2.45) is 5.73 Å². The maximum absolute atomic E-state index is 12.7. The highest BCUT2D eigenvalue weighted by Crippen LogP contribution is 2.43. The van der Waals surface area contributed by atoms with Crippen LogP contribution in [0.3, 0.4) is 0 Å². The number of phosphoric ester groups is 1. The second-order valence-corrected chi connectivity index (χ2v) is 21.7. The molecule has 432 valence electrons. The molecule has 0 spiro atoms. The molecule has 0 rings (SSSR count). The Morgan fingerprint density at radius 2 is 0.733 bits per heavy atom. The molecule has 0 amide bonds. The van der Waals surface area contributed by atoms with Gasteiger partial charge < -0.3 is 20.1 Å². The highest BCUT2D eigenvalue weighted by atomic mass is 31.2. The molecule has 9 nitrogen and oxygen atoms in total. The average Bonchev–Trinajstić information content (AvgIpc) is 3.40. The Morgan fingerprint density at radius 1 is 0.413 bits per heavy atom. The van der Waals surface area contributed by atoms with Crippen LogP contribution in [-0.2, 0) is 32.7 Å². The molecule has 0 heterocycles. The molecular formula is C65H114NO8P. The monoisotopic (exact) mass is 1070 g/mol.